The highest BCUT2D eigenvalue weighted by molar-refractivity contribution is 5.76. The first-order valence-electron chi connectivity index (χ1n) is 6.34. The van der Waals surface area contributed by atoms with Crippen molar-refractivity contribution in [2.45, 2.75) is 37.4 Å². The number of hydrogen-bond donors (Lipinski definition) is 1. The maximum atomic E-state index is 11.8. The molecule has 0 saturated carbocycles. The second-order valence-corrected chi connectivity index (χ2v) is 4.99. The van der Waals surface area contributed by atoms with Gasteiger partial charge >= 0.3 is 0 Å². The van der Waals surface area contributed by atoms with Crippen LogP contribution in [0.4, 0.5) is 0 Å². The fourth-order valence-electron chi connectivity index (χ4n) is 2.81. The highest BCUT2D eigenvalue weighted by Gasteiger charge is 2.44. The lowest BCUT2D eigenvalue weighted by Gasteiger charge is -2.37. The average Bonchev–Trinajstić information content (AvgIpc) is 2.73. The van der Waals surface area contributed by atoms with E-state index >= 15 is 0 Å². The molecule has 2 heterocycles. The molecule has 17 heavy (non-hydrogen) atoms. The molecule has 0 bridgehead atoms. The van der Waals surface area contributed by atoms with Crippen molar-refractivity contribution < 1.29 is 14.3 Å². The number of methoxy groups -OCH3 is 1. The van der Waals surface area contributed by atoms with Gasteiger partial charge in [0.15, 0.2) is 0 Å². The van der Waals surface area contributed by atoms with Gasteiger partial charge in [-0.1, -0.05) is 0 Å². The number of hydrogen-bond acceptors (Lipinski definition) is 4. The summed E-state index contributed by atoms with van der Waals surface area (Å²) >= 11 is 0. The zero-order valence-corrected chi connectivity index (χ0v) is 10.5. The second kappa shape index (κ2) is 5.33. The summed E-state index contributed by atoms with van der Waals surface area (Å²) in [5.74, 6) is 0.146. The van der Waals surface area contributed by atoms with Gasteiger partial charge in [-0.2, -0.15) is 0 Å². The molecular weight excluding hydrogens is 220 g/mol. The summed E-state index contributed by atoms with van der Waals surface area (Å²) in [6.45, 7) is 2.64. The van der Waals surface area contributed by atoms with Gasteiger partial charge in [-0.05, 0) is 12.8 Å². The predicted octanol–water partition coefficient (Wildman–Crippen LogP) is 0.132. The quantitative estimate of drug-likeness (QED) is 0.764. The first-order valence-corrected chi connectivity index (χ1v) is 6.34. The highest BCUT2D eigenvalue weighted by atomic mass is 16.5. The van der Waals surface area contributed by atoms with Gasteiger partial charge in [-0.25, -0.2) is 0 Å². The molecule has 2 atom stereocenters. The van der Waals surface area contributed by atoms with Crippen LogP contribution in [0, 0.1) is 0 Å². The summed E-state index contributed by atoms with van der Waals surface area (Å²) in [6.07, 6.45) is 3.48. The Hall–Kier alpha value is -0.650. The van der Waals surface area contributed by atoms with Gasteiger partial charge in [-0.3, -0.25) is 4.79 Å². The second-order valence-electron chi connectivity index (χ2n) is 4.99. The Morgan fingerprint density at radius 1 is 1.65 bits per heavy atom. The number of rotatable bonds is 3. The van der Waals surface area contributed by atoms with E-state index in [2.05, 4.69) is 0 Å². The van der Waals surface area contributed by atoms with Gasteiger partial charge in [-0.15, -0.1) is 0 Å². The summed E-state index contributed by atoms with van der Waals surface area (Å²) in [7, 11) is 1.75. The zero-order chi connectivity index (χ0) is 12.3. The largest absolute Gasteiger partial charge is 0.381 e. The van der Waals surface area contributed by atoms with Crippen molar-refractivity contribution in [2.24, 2.45) is 5.73 Å². The van der Waals surface area contributed by atoms with E-state index in [4.69, 9.17) is 15.2 Å². The van der Waals surface area contributed by atoms with E-state index in [1.54, 1.807) is 7.11 Å². The fourth-order valence-corrected chi connectivity index (χ4v) is 2.81. The molecule has 5 nitrogen and oxygen atoms in total. The van der Waals surface area contributed by atoms with Crippen LogP contribution in [-0.4, -0.2) is 55.9 Å². The van der Waals surface area contributed by atoms with Crippen LogP contribution in [0.2, 0.25) is 0 Å². The van der Waals surface area contributed by atoms with Crippen molar-refractivity contribution in [1.82, 2.24) is 4.90 Å². The standard InChI is InChI=1S/C12H22N2O3/c1-16-10-3-7-17-12(8-10)4-6-14(9-12)11(15)2-5-13/h10H,2-9,13H2,1H3/t10-,12-/m1/s1. The lowest BCUT2D eigenvalue weighted by molar-refractivity contribution is -0.137. The molecule has 2 fully saturated rings. The molecule has 98 valence electrons. The Kier molecular flexibility index (Phi) is 4.01. The molecule has 0 radical (unpaired) electrons. The topological polar surface area (TPSA) is 64.8 Å². The molecule has 0 unspecified atom stereocenters. The Balaban J connectivity index is 1.93. The van der Waals surface area contributed by atoms with E-state index < -0.39 is 0 Å². The number of carbonyl (C=O) groups is 1. The monoisotopic (exact) mass is 242 g/mol. The Bertz CT molecular complexity index is 285. The van der Waals surface area contributed by atoms with Gasteiger partial charge < -0.3 is 20.1 Å². The number of likely N-dealkylation sites (tertiary alicyclic amines) is 1. The predicted molar refractivity (Wildman–Crippen MR) is 63.6 cm³/mol. The summed E-state index contributed by atoms with van der Waals surface area (Å²) in [5.41, 5.74) is 5.25. The van der Waals surface area contributed by atoms with E-state index in [0.29, 0.717) is 19.5 Å². The van der Waals surface area contributed by atoms with Crippen LogP contribution in [0.3, 0.4) is 0 Å². The van der Waals surface area contributed by atoms with Crippen LogP contribution in [0.25, 0.3) is 0 Å². The van der Waals surface area contributed by atoms with Crippen LogP contribution in [0.1, 0.15) is 25.7 Å². The molecule has 2 N–H and O–H groups in total. The van der Waals surface area contributed by atoms with E-state index in [-0.39, 0.29) is 17.6 Å². The van der Waals surface area contributed by atoms with E-state index in [1.807, 2.05) is 4.90 Å². The Morgan fingerprint density at radius 2 is 2.47 bits per heavy atom. The van der Waals surface area contributed by atoms with Crippen LogP contribution in [-0.2, 0) is 14.3 Å². The van der Waals surface area contributed by atoms with Gasteiger partial charge in [0.05, 0.1) is 11.7 Å². The van der Waals surface area contributed by atoms with Crippen molar-refractivity contribution in [3.63, 3.8) is 0 Å². The molecule has 2 aliphatic rings. The number of ether oxygens (including phenoxy) is 2. The molecule has 5 heteroatoms. The van der Waals surface area contributed by atoms with E-state index in [1.165, 1.54) is 0 Å². The maximum Gasteiger partial charge on any atom is 0.223 e. The zero-order valence-electron chi connectivity index (χ0n) is 10.5. The van der Waals surface area contributed by atoms with Gasteiger partial charge in [0, 0.05) is 46.2 Å². The molecule has 2 saturated heterocycles. The lowest BCUT2D eigenvalue weighted by Crippen LogP contribution is -2.45. The molecule has 0 aliphatic carbocycles. The van der Waals surface area contributed by atoms with E-state index in [9.17, 15) is 4.79 Å². The van der Waals surface area contributed by atoms with Crippen molar-refractivity contribution in [3.05, 3.63) is 0 Å². The van der Waals surface area contributed by atoms with Crippen molar-refractivity contribution in [2.75, 3.05) is 33.4 Å². The third-order valence-electron chi connectivity index (χ3n) is 3.81. The minimum atomic E-state index is -0.164. The normalized spacial score (nSPS) is 33.3. The summed E-state index contributed by atoms with van der Waals surface area (Å²) in [4.78, 5) is 13.7. The molecule has 1 spiro atoms. The molecule has 2 aliphatic heterocycles. The molecular formula is C12H22N2O3. The lowest BCUT2D eigenvalue weighted by atomic mass is 9.91. The van der Waals surface area contributed by atoms with Crippen molar-refractivity contribution >= 4 is 5.91 Å². The molecule has 0 aromatic carbocycles. The van der Waals surface area contributed by atoms with Gasteiger partial charge in [0.2, 0.25) is 5.91 Å². The number of amides is 1. The average molecular weight is 242 g/mol. The number of nitrogens with two attached hydrogens (primary N) is 1. The summed E-state index contributed by atoms with van der Waals surface area (Å²) < 4.78 is 11.3. The Labute approximate surface area is 102 Å². The first-order chi connectivity index (χ1) is 8.19. The molecule has 1 amide bonds. The first kappa shape index (κ1) is 12.8. The minimum Gasteiger partial charge on any atom is -0.381 e. The minimum absolute atomic E-state index is 0.146. The number of nitrogens with zero attached hydrogens (tertiary/aromatic N) is 1. The van der Waals surface area contributed by atoms with Crippen LogP contribution in [0.15, 0.2) is 0 Å². The molecule has 0 aromatic rings. The summed E-state index contributed by atoms with van der Waals surface area (Å²) in [6, 6.07) is 0. The van der Waals surface area contributed by atoms with Gasteiger partial charge in [0.1, 0.15) is 0 Å². The van der Waals surface area contributed by atoms with Crippen LogP contribution >= 0.6 is 0 Å². The smallest absolute Gasteiger partial charge is 0.223 e. The Morgan fingerprint density at radius 3 is 3.18 bits per heavy atom. The maximum absolute atomic E-state index is 11.8. The highest BCUT2D eigenvalue weighted by Crippen LogP contribution is 2.35. The molecule has 2 rings (SSSR count). The third-order valence-corrected chi connectivity index (χ3v) is 3.81. The summed E-state index contributed by atoms with van der Waals surface area (Å²) in [5, 5.41) is 0. The van der Waals surface area contributed by atoms with Crippen LogP contribution < -0.4 is 5.73 Å². The molecule has 0 aromatic heterocycles. The SMILES string of the molecule is CO[C@@H]1CCO[C@]2(CCN(C(=O)CCN)C2)C1. The van der Waals surface area contributed by atoms with E-state index in [0.717, 1.165) is 32.4 Å². The van der Waals surface area contributed by atoms with Gasteiger partial charge in [0.25, 0.3) is 0 Å². The fraction of sp³-hybridized carbons (Fsp3) is 0.917. The van der Waals surface area contributed by atoms with Crippen molar-refractivity contribution in [1.29, 1.82) is 0 Å². The van der Waals surface area contributed by atoms with Crippen LogP contribution in [0.5, 0.6) is 0 Å². The number of carbonyl (C=O) groups excluding carboxylic acids is 1. The van der Waals surface area contributed by atoms with Crippen molar-refractivity contribution in [3.8, 4) is 0 Å². The third kappa shape index (κ3) is 2.78.